The fraction of sp³-hybridized carbons (Fsp3) is 0.571. The van der Waals surface area contributed by atoms with Gasteiger partial charge in [0.15, 0.2) is 0 Å². The first-order chi connectivity index (χ1) is 8.29. The van der Waals surface area contributed by atoms with Gasteiger partial charge in [0.05, 0.1) is 12.7 Å². The van der Waals surface area contributed by atoms with E-state index < -0.39 is 6.10 Å². The molecule has 1 N–H and O–H groups in total. The number of para-hydroxylation sites is 1. The van der Waals surface area contributed by atoms with E-state index in [1.807, 2.05) is 36.0 Å². The van der Waals surface area contributed by atoms with Crippen molar-refractivity contribution in [3.63, 3.8) is 0 Å². The number of hydrogen-bond acceptors (Lipinski definition) is 3. The van der Waals surface area contributed by atoms with Crippen LogP contribution < -0.4 is 4.74 Å². The normalized spacial score (nSPS) is 12.4. The highest BCUT2D eigenvalue weighted by molar-refractivity contribution is 7.99. The molecule has 0 amide bonds. The molecule has 17 heavy (non-hydrogen) atoms. The molecule has 0 aliphatic heterocycles. The van der Waals surface area contributed by atoms with Crippen molar-refractivity contribution < 1.29 is 9.84 Å². The van der Waals surface area contributed by atoms with Gasteiger partial charge >= 0.3 is 0 Å². The number of hydrogen-bond donors (Lipinski definition) is 1. The molecule has 0 saturated carbocycles. The third-order valence-electron chi connectivity index (χ3n) is 2.48. The van der Waals surface area contributed by atoms with Crippen LogP contribution in [0.25, 0.3) is 0 Å². The van der Waals surface area contributed by atoms with Crippen molar-refractivity contribution in [3.05, 3.63) is 29.8 Å². The van der Waals surface area contributed by atoms with Crippen LogP contribution in [0.3, 0.4) is 0 Å². The van der Waals surface area contributed by atoms with Gasteiger partial charge in [0, 0.05) is 5.56 Å². The van der Waals surface area contributed by atoms with Crippen LogP contribution in [-0.4, -0.2) is 23.2 Å². The lowest BCUT2D eigenvalue weighted by Gasteiger charge is -2.15. The second kappa shape index (κ2) is 8.43. The molecule has 1 rings (SSSR count). The minimum absolute atomic E-state index is 0.415. The zero-order valence-electron chi connectivity index (χ0n) is 10.7. The predicted octanol–water partition coefficient (Wildman–Crippen LogP) is 3.65. The summed E-state index contributed by atoms with van der Waals surface area (Å²) in [6, 6.07) is 7.78. The average Bonchev–Trinajstić information content (AvgIpc) is 2.37. The van der Waals surface area contributed by atoms with Crippen LogP contribution in [-0.2, 0) is 0 Å². The van der Waals surface area contributed by atoms with Crippen molar-refractivity contribution in [2.75, 3.05) is 18.1 Å². The highest BCUT2D eigenvalue weighted by Gasteiger charge is 2.12. The molecule has 2 nitrogen and oxygen atoms in total. The molecular weight excluding hydrogens is 232 g/mol. The second-order valence-electron chi connectivity index (χ2n) is 3.89. The summed E-state index contributed by atoms with van der Waals surface area (Å²) in [6.45, 7) is 4.92. The molecule has 0 aliphatic rings. The van der Waals surface area contributed by atoms with Crippen molar-refractivity contribution in [3.8, 4) is 5.75 Å². The smallest absolute Gasteiger partial charge is 0.125 e. The standard InChI is InChI=1S/C14H22O2S/c1-3-10-16-14-8-6-5-7-12(14)13(15)9-11-17-4-2/h5-8,13,15H,3-4,9-11H2,1-2H3. The first-order valence-corrected chi connectivity index (χ1v) is 7.42. The summed E-state index contributed by atoms with van der Waals surface area (Å²) in [5, 5.41) is 10.1. The molecule has 1 atom stereocenters. The number of ether oxygens (including phenoxy) is 1. The SMILES string of the molecule is CCCOc1ccccc1C(O)CCSCC. The fourth-order valence-electron chi connectivity index (χ4n) is 1.59. The van der Waals surface area contributed by atoms with Crippen molar-refractivity contribution in [1.82, 2.24) is 0 Å². The Morgan fingerprint density at radius 1 is 1.29 bits per heavy atom. The van der Waals surface area contributed by atoms with Gasteiger partial charge in [-0.25, -0.2) is 0 Å². The van der Waals surface area contributed by atoms with Crippen LogP contribution in [0, 0.1) is 0 Å². The molecule has 96 valence electrons. The Bertz CT molecular complexity index is 315. The van der Waals surface area contributed by atoms with Crippen molar-refractivity contribution >= 4 is 11.8 Å². The Labute approximate surface area is 108 Å². The highest BCUT2D eigenvalue weighted by atomic mass is 32.2. The Morgan fingerprint density at radius 2 is 2.06 bits per heavy atom. The minimum Gasteiger partial charge on any atom is -0.493 e. The zero-order valence-corrected chi connectivity index (χ0v) is 11.5. The molecule has 1 aromatic rings. The molecular formula is C14H22O2S. The molecule has 0 saturated heterocycles. The molecule has 0 heterocycles. The summed E-state index contributed by atoms with van der Waals surface area (Å²) < 4.78 is 5.65. The second-order valence-corrected chi connectivity index (χ2v) is 5.28. The summed E-state index contributed by atoms with van der Waals surface area (Å²) in [7, 11) is 0. The molecule has 0 aromatic heterocycles. The Morgan fingerprint density at radius 3 is 2.76 bits per heavy atom. The average molecular weight is 254 g/mol. The Kier molecular flexibility index (Phi) is 7.13. The van der Waals surface area contributed by atoms with Gasteiger partial charge < -0.3 is 9.84 Å². The van der Waals surface area contributed by atoms with Crippen LogP contribution in [0.2, 0.25) is 0 Å². The molecule has 3 heteroatoms. The van der Waals surface area contributed by atoms with Gasteiger partial charge in [-0.2, -0.15) is 11.8 Å². The summed E-state index contributed by atoms with van der Waals surface area (Å²) in [4.78, 5) is 0. The maximum atomic E-state index is 10.1. The van der Waals surface area contributed by atoms with E-state index in [1.165, 1.54) is 0 Å². The highest BCUT2D eigenvalue weighted by Crippen LogP contribution is 2.28. The van der Waals surface area contributed by atoms with Gasteiger partial charge in [0.1, 0.15) is 5.75 Å². The fourth-order valence-corrected chi connectivity index (χ4v) is 2.27. The quantitative estimate of drug-likeness (QED) is 0.718. The third kappa shape index (κ3) is 5.00. The van der Waals surface area contributed by atoms with Crippen LogP contribution in [0.1, 0.15) is 38.4 Å². The van der Waals surface area contributed by atoms with Crippen molar-refractivity contribution in [1.29, 1.82) is 0 Å². The summed E-state index contributed by atoms with van der Waals surface area (Å²) in [6.07, 6.45) is 1.35. The van der Waals surface area contributed by atoms with Gasteiger partial charge in [-0.15, -0.1) is 0 Å². The van der Waals surface area contributed by atoms with Crippen LogP contribution in [0.4, 0.5) is 0 Å². The summed E-state index contributed by atoms with van der Waals surface area (Å²) in [5.74, 6) is 2.91. The van der Waals surface area contributed by atoms with Gasteiger partial charge in [0.2, 0.25) is 0 Å². The van der Waals surface area contributed by atoms with E-state index in [0.717, 1.165) is 35.7 Å². The van der Waals surface area contributed by atoms with Crippen LogP contribution in [0.15, 0.2) is 24.3 Å². The minimum atomic E-state index is -0.415. The Hall–Kier alpha value is -0.670. The lowest BCUT2D eigenvalue weighted by Crippen LogP contribution is -2.04. The molecule has 0 radical (unpaired) electrons. The predicted molar refractivity (Wildman–Crippen MR) is 74.8 cm³/mol. The van der Waals surface area contributed by atoms with Crippen LogP contribution >= 0.6 is 11.8 Å². The van der Waals surface area contributed by atoms with Crippen molar-refractivity contribution in [2.24, 2.45) is 0 Å². The molecule has 1 aromatic carbocycles. The van der Waals surface area contributed by atoms with E-state index in [0.29, 0.717) is 6.61 Å². The van der Waals surface area contributed by atoms with E-state index in [1.54, 1.807) is 0 Å². The molecule has 0 spiro atoms. The zero-order chi connectivity index (χ0) is 12.5. The monoisotopic (exact) mass is 254 g/mol. The van der Waals surface area contributed by atoms with Gasteiger partial charge in [-0.3, -0.25) is 0 Å². The van der Waals surface area contributed by atoms with Crippen LogP contribution in [0.5, 0.6) is 5.75 Å². The first-order valence-electron chi connectivity index (χ1n) is 6.27. The van der Waals surface area contributed by atoms with Crippen molar-refractivity contribution in [2.45, 2.75) is 32.8 Å². The third-order valence-corrected chi connectivity index (χ3v) is 3.41. The number of aliphatic hydroxyl groups excluding tert-OH is 1. The summed E-state index contributed by atoms with van der Waals surface area (Å²) >= 11 is 1.85. The maximum absolute atomic E-state index is 10.1. The first kappa shape index (κ1) is 14.4. The number of rotatable bonds is 8. The number of thioether (sulfide) groups is 1. The Balaban J connectivity index is 2.60. The van der Waals surface area contributed by atoms with E-state index in [4.69, 9.17) is 4.74 Å². The summed E-state index contributed by atoms with van der Waals surface area (Å²) in [5.41, 5.74) is 0.914. The topological polar surface area (TPSA) is 29.5 Å². The largest absolute Gasteiger partial charge is 0.493 e. The molecule has 0 fully saturated rings. The number of benzene rings is 1. The van der Waals surface area contributed by atoms with E-state index >= 15 is 0 Å². The maximum Gasteiger partial charge on any atom is 0.125 e. The van der Waals surface area contributed by atoms with E-state index in [2.05, 4.69) is 13.8 Å². The lowest BCUT2D eigenvalue weighted by molar-refractivity contribution is 0.168. The molecule has 1 unspecified atom stereocenters. The van der Waals surface area contributed by atoms with Gasteiger partial charge in [0.25, 0.3) is 0 Å². The van der Waals surface area contributed by atoms with E-state index in [9.17, 15) is 5.11 Å². The molecule has 0 bridgehead atoms. The number of aliphatic hydroxyl groups is 1. The van der Waals surface area contributed by atoms with Gasteiger partial charge in [-0.05, 0) is 30.4 Å². The van der Waals surface area contributed by atoms with E-state index in [-0.39, 0.29) is 0 Å². The lowest BCUT2D eigenvalue weighted by atomic mass is 10.1. The van der Waals surface area contributed by atoms with Gasteiger partial charge in [-0.1, -0.05) is 32.0 Å². The molecule has 0 aliphatic carbocycles.